The topological polar surface area (TPSA) is 53.7 Å². The molecule has 1 aromatic heterocycles. The first kappa shape index (κ1) is 15.2. The van der Waals surface area contributed by atoms with E-state index >= 15 is 0 Å². The maximum atomic E-state index is 6.36. The molecule has 0 saturated carbocycles. The minimum atomic E-state index is -0.317. The van der Waals surface area contributed by atoms with Crippen LogP contribution in [0.15, 0.2) is 28.1 Å². The summed E-state index contributed by atoms with van der Waals surface area (Å²) in [4.78, 5) is 1.03. The monoisotopic (exact) mass is 357 g/mol. The molecule has 0 aliphatic carbocycles. The van der Waals surface area contributed by atoms with E-state index in [0.29, 0.717) is 17.2 Å². The zero-order valence-corrected chi connectivity index (χ0v) is 13.9. The second-order valence-electron chi connectivity index (χ2n) is 4.07. The third-order valence-electron chi connectivity index (χ3n) is 2.96. The molecular formula is C14H16BrNO3S. The number of nitrogens with two attached hydrogens (primary N) is 1. The molecule has 6 heteroatoms. The van der Waals surface area contributed by atoms with Gasteiger partial charge in [-0.3, -0.25) is 0 Å². The average molecular weight is 358 g/mol. The molecule has 0 spiro atoms. The Balaban J connectivity index is 2.53. The number of hydrogen-bond acceptors (Lipinski definition) is 5. The van der Waals surface area contributed by atoms with Crippen LogP contribution in [0.5, 0.6) is 17.2 Å². The molecule has 20 heavy (non-hydrogen) atoms. The van der Waals surface area contributed by atoms with Crippen molar-refractivity contribution >= 4 is 27.3 Å². The first-order chi connectivity index (χ1) is 9.60. The molecule has 4 nitrogen and oxygen atoms in total. The van der Waals surface area contributed by atoms with Crippen molar-refractivity contribution in [3.63, 3.8) is 0 Å². The fraction of sp³-hybridized carbons (Fsp3) is 0.286. The number of benzene rings is 1. The molecule has 108 valence electrons. The molecule has 1 heterocycles. The average Bonchev–Trinajstić information content (AvgIpc) is 2.91. The van der Waals surface area contributed by atoms with E-state index in [1.54, 1.807) is 44.8 Å². The van der Waals surface area contributed by atoms with Gasteiger partial charge in [0.25, 0.3) is 0 Å². The van der Waals surface area contributed by atoms with Gasteiger partial charge >= 0.3 is 0 Å². The minimum Gasteiger partial charge on any atom is -0.496 e. The van der Waals surface area contributed by atoms with Crippen molar-refractivity contribution in [1.29, 1.82) is 0 Å². The molecular weight excluding hydrogens is 342 g/mol. The van der Waals surface area contributed by atoms with Crippen LogP contribution in [0.4, 0.5) is 0 Å². The van der Waals surface area contributed by atoms with Gasteiger partial charge in [-0.15, -0.1) is 11.3 Å². The van der Waals surface area contributed by atoms with Gasteiger partial charge in [0.2, 0.25) is 0 Å². The zero-order valence-electron chi connectivity index (χ0n) is 11.5. The Morgan fingerprint density at radius 1 is 1.05 bits per heavy atom. The van der Waals surface area contributed by atoms with Crippen LogP contribution in [0.2, 0.25) is 0 Å². The number of hydrogen-bond donors (Lipinski definition) is 1. The Hall–Kier alpha value is -1.24. The smallest absolute Gasteiger partial charge is 0.131 e. The lowest BCUT2D eigenvalue weighted by Crippen LogP contribution is -2.13. The fourth-order valence-corrected chi connectivity index (χ4v) is 3.41. The maximum Gasteiger partial charge on any atom is 0.131 e. The van der Waals surface area contributed by atoms with Gasteiger partial charge in [-0.1, -0.05) is 0 Å². The van der Waals surface area contributed by atoms with Crippen LogP contribution in [0.25, 0.3) is 0 Å². The first-order valence-electron chi connectivity index (χ1n) is 5.91. The molecule has 0 amide bonds. The Bertz CT molecular complexity index is 575. The van der Waals surface area contributed by atoms with E-state index in [9.17, 15) is 0 Å². The lowest BCUT2D eigenvalue weighted by Gasteiger charge is -2.19. The summed E-state index contributed by atoms with van der Waals surface area (Å²) in [5.74, 6) is 1.97. The molecule has 2 rings (SSSR count). The summed E-state index contributed by atoms with van der Waals surface area (Å²) in [7, 11) is 4.81. The molecule has 1 aromatic carbocycles. The molecule has 1 unspecified atom stereocenters. The van der Waals surface area contributed by atoms with E-state index in [1.165, 1.54) is 0 Å². The van der Waals surface area contributed by atoms with E-state index in [2.05, 4.69) is 15.9 Å². The highest BCUT2D eigenvalue weighted by molar-refractivity contribution is 9.11. The van der Waals surface area contributed by atoms with Gasteiger partial charge in [-0.05, 0) is 28.1 Å². The lowest BCUT2D eigenvalue weighted by atomic mass is 10.0. The van der Waals surface area contributed by atoms with Crippen molar-refractivity contribution in [1.82, 2.24) is 0 Å². The quantitative estimate of drug-likeness (QED) is 0.888. The van der Waals surface area contributed by atoms with E-state index < -0.39 is 0 Å². The molecule has 0 aliphatic rings. The van der Waals surface area contributed by atoms with Crippen molar-refractivity contribution in [2.45, 2.75) is 6.04 Å². The van der Waals surface area contributed by atoms with E-state index in [-0.39, 0.29) is 6.04 Å². The van der Waals surface area contributed by atoms with Crippen LogP contribution in [0.3, 0.4) is 0 Å². The highest BCUT2D eigenvalue weighted by Crippen LogP contribution is 2.41. The second kappa shape index (κ2) is 6.47. The SMILES string of the molecule is COc1cc(OC)c(C(N)c2ccc(Br)s2)c(OC)c1. The Labute approximate surface area is 130 Å². The summed E-state index contributed by atoms with van der Waals surface area (Å²) < 4.78 is 17.1. The summed E-state index contributed by atoms with van der Waals surface area (Å²) >= 11 is 5.04. The van der Waals surface area contributed by atoms with Crippen molar-refractivity contribution in [2.75, 3.05) is 21.3 Å². The Kier molecular flexibility index (Phi) is 4.91. The summed E-state index contributed by atoms with van der Waals surface area (Å²) in [6, 6.07) is 7.26. The summed E-state index contributed by atoms with van der Waals surface area (Å²) in [6.45, 7) is 0. The van der Waals surface area contributed by atoms with Crippen LogP contribution in [-0.4, -0.2) is 21.3 Å². The summed E-state index contributed by atoms with van der Waals surface area (Å²) in [5, 5.41) is 0. The van der Waals surface area contributed by atoms with Gasteiger partial charge in [0.15, 0.2) is 0 Å². The zero-order chi connectivity index (χ0) is 14.7. The highest BCUT2D eigenvalue weighted by atomic mass is 79.9. The lowest BCUT2D eigenvalue weighted by molar-refractivity contribution is 0.367. The van der Waals surface area contributed by atoms with Crippen LogP contribution < -0.4 is 19.9 Å². The molecule has 1 atom stereocenters. The maximum absolute atomic E-state index is 6.36. The van der Waals surface area contributed by atoms with Crippen molar-refractivity contribution in [3.8, 4) is 17.2 Å². The number of thiophene rings is 1. The molecule has 2 N–H and O–H groups in total. The van der Waals surface area contributed by atoms with Gasteiger partial charge in [0.05, 0.1) is 36.7 Å². The standard InChI is InChI=1S/C14H16BrNO3S/c1-17-8-6-9(18-2)13(10(7-8)19-3)14(16)11-4-5-12(15)20-11/h4-7,14H,16H2,1-3H3. The predicted molar refractivity (Wildman–Crippen MR) is 84.1 cm³/mol. The normalized spacial score (nSPS) is 12.1. The molecule has 2 aromatic rings. The molecule has 0 fully saturated rings. The third kappa shape index (κ3) is 2.92. The van der Waals surface area contributed by atoms with Crippen molar-refractivity contribution in [3.05, 3.63) is 38.5 Å². The van der Waals surface area contributed by atoms with Gasteiger partial charge in [-0.2, -0.15) is 0 Å². The van der Waals surface area contributed by atoms with Crippen LogP contribution in [0.1, 0.15) is 16.5 Å². The highest BCUT2D eigenvalue weighted by Gasteiger charge is 2.22. The number of methoxy groups -OCH3 is 3. The Morgan fingerprint density at radius 3 is 2.05 bits per heavy atom. The van der Waals surface area contributed by atoms with Gasteiger partial charge < -0.3 is 19.9 Å². The third-order valence-corrected chi connectivity index (χ3v) is 4.67. The van der Waals surface area contributed by atoms with Gasteiger partial charge in [-0.25, -0.2) is 0 Å². The number of rotatable bonds is 5. The largest absolute Gasteiger partial charge is 0.496 e. The number of halogens is 1. The summed E-state index contributed by atoms with van der Waals surface area (Å²) in [5.41, 5.74) is 7.17. The first-order valence-corrected chi connectivity index (χ1v) is 7.52. The molecule has 0 saturated heterocycles. The Morgan fingerprint density at radius 2 is 1.65 bits per heavy atom. The minimum absolute atomic E-state index is 0.317. The predicted octanol–water partition coefficient (Wildman–Crippen LogP) is 3.58. The van der Waals surface area contributed by atoms with Crippen LogP contribution in [0, 0.1) is 0 Å². The second-order valence-corrected chi connectivity index (χ2v) is 6.56. The van der Waals surface area contributed by atoms with E-state index in [4.69, 9.17) is 19.9 Å². The van der Waals surface area contributed by atoms with Crippen LogP contribution >= 0.6 is 27.3 Å². The van der Waals surface area contributed by atoms with E-state index in [1.807, 2.05) is 12.1 Å². The van der Waals surface area contributed by atoms with Gasteiger partial charge in [0, 0.05) is 17.0 Å². The van der Waals surface area contributed by atoms with Crippen molar-refractivity contribution in [2.24, 2.45) is 5.73 Å². The van der Waals surface area contributed by atoms with E-state index in [0.717, 1.165) is 14.2 Å². The summed E-state index contributed by atoms with van der Waals surface area (Å²) in [6.07, 6.45) is 0. The molecule has 0 aliphatic heterocycles. The van der Waals surface area contributed by atoms with Crippen molar-refractivity contribution < 1.29 is 14.2 Å². The number of ether oxygens (including phenoxy) is 3. The fourth-order valence-electron chi connectivity index (χ4n) is 1.98. The van der Waals surface area contributed by atoms with Crippen LogP contribution in [-0.2, 0) is 0 Å². The van der Waals surface area contributed by atoms with Gasteiger partial charge in [0.1, 0.15) is 17.2 Å². The molecule has 0 bridgehead atoms. The molecule has 0 radical (unpaired) electrons.